The van der Waals surface area contributed by atoms with Crippen molar-refractivity contribution in [2.45, 2.75) is 66.7 Å². The van der Waals surface area contributed by atoms with Gasteiger partial charge in [0.2, 0.25) is 0 Å². The second-order valence-corrected chi connectivity index (χ2v) is 6.58. The van der Waals surface area contributed by atoms with Crippen LogP contribution in [0, 0.1) is 5.41 Å². The minimum absolute atomic E-state index is 0.426. The van der Waals surface area contributed by atoms with Gasteiger partial charge >= 0.3 is 0 Å². The van der Waals surface area contributed by atoms with Crippen LogP contribution >= 0.6 is 0 Å². The monoisotopic (exact) mass is 275 g/mol. The van der Waals surface area contributed by atoms with E-state index >= 15 is 0 Å². The molecule has 0 aliphatic carbocycles. The molecular weight excluding hydrogens is 242 g/mol. The highest BCUT2D eigenvalue weighted by atomic mass is 14.8. The van der Waals surface area contributed by atoms with Gasteiger partial charge in [-0.2, -0.15) is 0 Å². The summed E-state index contributed by atoms with van der Waals surface area (Å²) in [6.45, 7) is 13.7. The molecular formula is C19H33N. The van der Waals surface area contributed by atoms with E-state index in [0.29, 0.717) is 5.41 Å². The fourth-order valence-corrected chi connectivity index (χ4v) is 2.68. The number of nitrogens with one attached hydrogen (secondary N) is 1. The zero-order valence-electron chi connectivity index (χ0n) is 14.2. The van der Waals surface area contributed by atoms with Crippen LogP contribution in [0.3, 0.4) is 0 Å². The van der Waals surface area contributed by atoms with Crippen LogP contribution in [-0.4, -0.2) is 13.1 Å². The number of rotatable bonds is 9. The number of benzene rings is 1. The van der Waals surface area contributed by atoms with Crippen molar-refractivity contribution >= 4 is 0 Å². The fourth-order valence-electron chi connectivity index (χ4n) is 2.68. The van der Waals surface area contributed by atoms with E-state index in [1.54, 1.807) is 5.56 Å². The van der Waals surface area contributed by atoms with E-state index in [1.165, 1.54) is 30.4 Å². The summed E-state index contributed by atoms with van der Waals surface area (Å²) in [7, 11) is 0. The van der Waals surface area contributed by atoms with E-state index in [0.717, 1.165) is 25.9 Å². The summed E-state index contributed by atoms with van der Waals surface area (Å²) in [6.07, 6.45) is 6.04. The highest BCUT2D eigenvalue weighted by Crippen LogP contribution is 2.28. The van der Waals surface area contributed by atoms with Gasteiger partial charge < -0.3 is 5.32 Å². The minimum Gasteiger partial charge on any atom is -0.317 e. The van der Waals surface area contributed by atoms with Crippen molar-refractivity contribution < 1.29 is 0 Å². The Kier molecular flexibility index (Phi) is 7.29. The molecule has 20 heavy (non-hydrogen) atoms. The maximum atomic E-state index is 3.44. The maximum Gasteiger partial charge on any atom is -0.00439 e. The third-order valence-electron chi connectivity index (χ3n) is 4.36. The van der Waals surface area contributed by atoms with E-state index in [2.05, 4.69) is 58.1 Å². The van der Waals surface area contributed by atoms with Gasteiger partial charge in [0.15, 0.2) is 0 Å². The SMILES string of the molecule is CCNCCC(C)(C)CCc1cc(CC)ccc1CC. The third kappa shape index (κ3) is 5.66. The van der Waals surface area contributed by atoms with Crippen molar-refractivity contribution in [2.75, 3.05) is 13.1 Å². The van der Waals surface area contributed by atoms with E-state index < -0.39 is 0 Å². The molecule has 1 rings (SSSR count). The van der Waals surface area contributed by atoms with Crippen molar-refractivity contribution in [1.29, 1.82) is 0 Å². The fraction of sp³-hybridized carbons (Fsp3) is 0.684. The van der Waals surface area contributed by atoms with Crippen LogP contribution in [-0.2, 0) is 19.3 Å². The summed E-state index contributed by atoms with van der Waals surface area (Å²) in [5, 5.41) is 3.44. The summed E-state index contributed by atoms with van der Waals surface area (Å²) in [4.78, 5) is 0. The lowest BCUT2D eigenvalue weighted by atomic mass is 9.82. The lowest BCUT2D eigenvalue weighted by Crippen LogP contribution is -2.22. The highest BCUT2D eigenvalue weighted by Gasteiger charge is 2.17. The summed E-state index contributed by atoms with van der Waals surface area (Å²) < 4.78 is 0. The molecule has 1 aromatic rings. The molecule has 0 aliphatic heterocycles. The Bertz CT molecular complexity index is 393. The van der Waals surface area contributed by atoms with Crippen molar-refractivity contribution in [3.8, 4) is 0 Å². The zero-order valence-corrected chi connectivity index (χ0v) is 14.2. The molecule has 0 radical (unpaired) electrons. The first-order chi connectivity index (χ1) is 9.52. The van der Waals surface area contributed by atoms with Crippen LogP contribution in [0.5, 0.6) is 0 Å². The minimum atomic E-state index is 0.426. The maximum absolute atomic E-state index is 3.44. The Hall–Kier alpha value is -0.820. The van der Waals surface area contributed by atoms with Crippen LogP contribution in [0.15, 0.2) is 18.2 Å². The standard InChI is InChI=1S/C19H33N/c1-6-16-9-10-17(7-2)18(15-16)11-12-19(4,5)13-14-20-8-3/h9-10,15,20H,6-8,11-14H2,1-5H3. The Labute approximate surface area is 126 Å². The average Bonchev–Trinajstić information content (AvgIpc) is 2.45. The molecule has 0 spiro atoms. The second-order valence-electron chi connectivity index (χ2n) is 6.58. The zero-order chi connectivity index (χ0) is 15.0. The van der Waals surface area contributed by atoms with Gasteiger partial charge in [0.25, 0.3) is 0 Å². The molecule has 0 fully saturated rings. The van der Waals surface area contributed by atoms with E-state index in [4.69, 9.17) is 0 Å². The van der Waals surface area contributed by atoms with E-state index in [1.807, 2.05) is 0 Å². The van der Waals surface area contributed by atoms with Crippen molar-refractivity contribution in [3.63, 3.8) is 0 Å². The van der Waals surface area contributed by atoms with Gasteiger partial charge in [-0.1, -0.05) is 52.8 Å². The number of hydrogen-bond acceptors (Lipinski definition) is 1. The molecule has 0 bridgehead atoms. The first-order valence-corrected chi connectivity index (χ1v) is 8.33. The van der Waals surface area contributed by atoms with Gasteiger partial charge in [-0.3, -0.25) is 0 Å². The van der Waals surface area contributed by atoms with Crippen LogP contribution in [0.25, 0.3) is 0 Å². The van der Waals surface area contributed by atoms with Crippen LogP contribution < -0.4 is 5.32 Å². The average molecular weight is 275 g/mol. The number of aryl methyl sites for hydroxylation is 3. The summed E-state index contributed by atoms with van der Waals surface area (Å²) in [5.41, 5.74) is 5.01. The van der Waals surface area contributed by atoms with Crippen molar-refractivity contribution in [2.24, 2.45) is 5.41 Å². The molecule has 1 aromatic carbocycles. The molecule has 0 aliphatic rings. The smallest absolute Gasteiger partial charge is 0.00439 e. The molecule has 114 valence electrons. The molecule has 0 saturated carbocycles. The number of hydrogen-bond donors (Lipinski definition) is 1. The van der Waals surface area contributed by atoms with Gasteiger partial charge in [-0.25, -0.2) is 0 Å². The van der Waals surface area contributed by atoms with Crippen LogP contribution in [0.4, 0.5) is 0 Å². The molecule has 0 atom stereocenters. The molecule has 1 heteroatoms. The topological polar surface area (TPSA) is 12.0 Å². The molecule has 0 amide bonds. The predicted molar refractivity (Wildman–Crippen MR) is 90.5 cm³/mol. The van der Waals surface area contributed by atoms with Crippen molar-refractivity contribution in [1.82, 2.24) is 5.32 Å². The quantitative estimate of drug-likeness (QED) is 0.640. The van der Waals surface area contributed by atoms with Gasteiger partial charge in [0.05, 0.1) is 0 Å². The van der Waals surface area contributed by atoms with E-state index in [-0.39, 0.29) is 0 Å². The second kappa shape index (κ2) is 8.46. The Morgan fingerprint density at radius 3 is 2.30 bits per heavy atom. The summed E-state index contributed by atoms with van der Waals surface area (Å²) in [5.74, 6) is 0. The summed E-state index contributed by atoms with van der Waals surface area (Å²) >= 11 is 0. The largest absolute Gasteiger partial charge is 0.317 e. The Balaban J connectivity index is 2.63. The third-order valence-corrected chi connectivity index (χ3v) is 4.36. The normalized spacial score (nSPS) is 11.8. The lowest BCUT2D eigenvalue weighted by Gasteiger charge is -2.25. The molecule has 0 unspecified atom stereocenters. The Morgan fingerprint density at radius 1 is 0.950 bits per heavy atom. The summed E-state index contributed by atoms with van der Waals surface area (Å²) in [6, 6.07) is 7.05. The first-order valence-electron chi connectivity index (χ1n) is 8.33. The predicted octanol–water partition coefficient (Wildman–Crippen LogP) is 4.77. The molecule has 1 N–H and O–H groups in total. The van der Waals surface area contributed by atoms with Crippen LogP contribution in [0.1, 0.15) is 64.2 Å². The van der Waals surface area contributed by atoms with Gasteiger partial charge in [0.1, 0.15) is 0 Å². The van der Waals surface area contributed by atoms with Crippen molar-refractivity contribution in [3.05, 3.63) is 34.9 Å². The molecule has 0 aromatic heterocycles. The van der Waals surface area contributed by atoms with Gasteiger partial charge in [0, 0.05) is 0 Å². The Morgan fingerprint density at radius 2 is 1.70 bits per heavy atom. The van der Waals surface area contributed by atoms with Gasteiger partial charge in [-0.05, 0) is 67.3 Å². The molecule has 1 nitrogen and oxygen atoms in total. The van der Waals surface area contributed by atoms with E-state index in [9.17, 15) is 0 Å². The lowest BCUT2D eigenvalue weighted by molar-refractivity contribution is 0.303. The van der Waals surface area contributed by atoms with Gasteiger partial charge in [-0.15, -0.1) is 0 Å². The highest BCUT2D eigenvalue weighted by molar-refractivity contribution is 5.32. The van der Waals surface area contributed by atoms with Crippen LogP contribution in [0.2, 0.25) is 0 Å². The molecule has 0 heterocycles. The molecule has 0 saturated heterocycles. The first kappa shape index (κ1) is 17.2.